The number of carbonyl (C=O) groups excluding carboxylic acids is 2. The summed E-state index contributed by atoms with van der Waals surface area (Å²) < 4.78 is 5.92. The summed E-state index contributed by atoms with van der Waals surface area (Å²) in [5.74, 6) is -0.767. The summed E-state index contributed by atoms with van der Waals surface area (Å²) in [5, 5.41) is 9.27. The zero-order valence-electron chi connectivity index (χ0n) is 13.2. The smallest absolute Gasteiger partial charge is 0.296 e. The Morgan fingerprint density at radius 1 is 1.00 bits per heavy atom. The summed E-state index contributed by atoms with van der Waals surface area (Å²) in [6.07, 6.45) is 1.55. The number of nitrogens with one attached hydrogen (secondary N) is 2. The second-order valence-corrected chi connectivity index (χ2v) is 6.22. The number of hydrogen-bond donors (Lipinski definition) is 2. The summed E-state index contributed by atoms with van der Waals surface area (Å²) >= 11 is 1.34. The van der Waals surface area contributed by atoms with Gasteiger partial charge in [-0.1, -0.05) is 34.7 Å². The van der Waals surface area contributed by atoms with Gasteiger partial charge in [0, 0.05) is 12.3 Å². The van der Waals surface area contributed by atoms with Crippen LogP contribution in [0.3, 0.4) is 0 Å². The summed E-state index contributed by atoms with van der Waals surface area (Å²) in [7, 11) is 0. The molecule has 128 valence electrons. The van der Waals surface area contributed by atoms with Gasteiger partial charge in [0.05, 0.1) is 10.2 Å². The van der Waals surface area contributed by atoms with Crippen molar-refractivity contribution in [1.29, 1.82) is 0 Å². The van der Waals surface area contributed by atoms with Crippen molar-refractivity contribution in [3.05, 3.63) is 66.2 Å². The molecule has 0 spiro atoms. The van der Waals surface area contributed by atoms with E-state index in [1.807, 2.05) is 24.3 Å². The minimum Gasteiger partial charge on any atom is -0.350 e. The molecule has 3 aromatic heterocycles. The Bertz CT molecular complexity index is 1060. The molecule has 2 N–H and O–H groups in total. The second-order valence-electron chi connectivity index (χ2n) is 5.19. The molecule has 0 atom stereocenters. The van der Waals surface area contributed by atoms with Crippen LogP contribution in [0.5, 0.6) is 0 Å². The molecule has 8 nitrogen and oxygen atoms in total. The van der Waals surface area contributed by atoms with Crippen LogP contribution in [-0.2, 0) is 0 Å². The first kappa shape index (κ1) is 15.9. The average molecular weight is 365 g/mol. The van der Waals surface area contributed by atoms with E-state index in [4.69, 9.17) is 4.52 Å². The van der Waals surface area contributed by atoms with E-state index >= 15 is 0 Å². The molecular formula is C17H11N5O3S. The number of thiazole rings is 1. The molecule has 0 radical (unpaired) electrons. The fourth-order valence-electron chi connectivity index (χ4n) is 2.19. The molecule has 0 saturated carbocycles. The maximum atomic E-state index is 12.3. The predicted octanol–water partition coefficient (Wildman–Crippen LogP) is 3.18. The maximum Gasteiger partial charge on any atom is 0.296 e. The molecule has 0 saturated heterocycles. The van der Waals surface area contributed by atoms with E-state index < -0.39 is 11.8 Å². The van der Waals surface area contributed by atoms with Crippen LogP contribution in [0, 0.1) is 0 Å². The molecule has 4 aromatic rings. The number of benzene rings is 1. The van der Waals surface area contributed by atoms with Gasteiger partial charge in [-0.05, 0) is 24.3 Å². The zero-order chi connectivity index (χ0) is 17.9. The van der Waals surface area contributed by atoms with Crippen LogP contribution in [0.25, 0.3) is 10.2 Å². The molecule has 9 heteroatoms. The van der Waals surface area contributed by atoms with Crippen molar-refractivity contribution in [1.82, 2.24) is 15.1 Å². The zero-order valence-corrected chi connectivity index (χ0v) is 14.0. The fourth-order valence-corrected chi connectivity index (χ4v) is 3.05. The summed E-state index contributed by atoms with van der Waals surface area (Å²) in [5.41, 5.74) is 0.769. The third-order valence-electron chi connectivity index (χ3n) is 3.39. The normalized spacial score (nSPS) is 10.6. The molecule has 0 aliphatic rings. The van der Waals surface area contributed by atoms with Gasteiger partial charge in [0.2, 0.25) is 5.76 Å². The molecule has 26 heavy (non-hydrogen) atoms. The van der Waals surface area contributed by atoms with Gasteiger partial charge in [0.25, 0.3) is 11.8 Å². The number of anilines is 2. The summed E-state index contributed by atoms with van der Waals surface area (Å²) in [6.45, 7) is 0. The Morgan fingerprint density at radius 2 is 1.85 bits per heavy atom. The maximum absolute atomic E-state index is 12.3. The lowest BCUT2D eigenvalue weighted by molar-refractivity contribution is 0.0980. The highest BCUT2D eigenvalue weighted by Gasteiger charge is 2.19. The van der Waals surface area contributed by atoms with E-state index in [9.17, 15) is 9.59 Å². The Balaban J connectivity index is 1.46. The molecule has 2 amide bonds. The van der Waals surface area contributed by atoms with E-state index in [2.05, 4.69) is 25.8 Å². The lowest BCUT2D eigenvalue weighted by Crippen LogP contribution is -2.13. The monoisotopic (exact) mass is 365 g/mol. The minimum absolute atomic E-state index is 0.0231. The van der Waals surface area contributed by atoms with Crippen molar-refractivity contribution in [2.75, 3.05) is 10.6 Å². The van der Waals surface area contributed by atoms with Crippen LogP contribution < -0.4 is 10.6 Å². The van der Waals surface area contributed by atoms with Crippen molar-refractivity contribution in [3.63, 3.8) is 0 Å². The third kappa shape index (κ3) is 3.28. The average Bonchev–Trinajstić information content (AvgIpc) is 3.29. The van der Waals surface area contributed by atoms with Crippen LogP contribution in [-0.4, -0.2) is 26.9 Å². The lowest BCUT2D eigenvalue weighted by atomic mass is 10.3. The first-order chi connectivity index (χ1) is 12.7. The Hall–Kier alpha value is -3.59. The number of pyridine rings is 1. The summed E-state index contributed by atoms with van der Waals surface area (Å²) in [4.78, 5) is 32.7. The van der Waals surface area contributed by atoms with Gasteiger partial charge in [0.15, 0.2) is 10.8 Å². The fraction of sp³-hybridized carbons (Fsp3) is 0. The Kier molecular flexibility index (Phi) is 4.12. The van der Waals surface area contributed by atoms with Crippen LogP contribution in [0.1, 0.15) is 21.0 Å². The number of rotatable bonds is 4. The molecule has 1 aromatic carbocycles. The van der Waals surface area contributed by atoms with Crippen LogP contribution in [0.15, 0.2) is 59.3 Å². The summed E-state index contributed by atoms with van der Waals surface area (Å²) in [6, 6.07) is 13.9. The van der Waals surface area contributed by atoms with Crippen molar-refractivity contribution in [2.45, 2.75) is 0 Å². The number of nitrogens with zero attached hydrogens (tertiary/aromatic N) is 3. The van der Waals surface area contributed by atoms with Gasteiger partial charge >= 0.3 is 0 Å². The molecule has 0 bridgehead atoms. The number of fused-ring (bicyclic) bond motifs is 1. The standard InChI is InChI=1S/C17H11N5O3S/c23-15(20-14-7-3-4-8-18-14)11-9-12(25-22-11)16(24)21-17-19-10-5-1-2-6-13(10)26-17/h1-9H,(H,18,20,23)(H,19,21,24). The number of para-hydroxylation sites is 1. The third-order valence-corrected chi connectivity index (χ3v) is 4.34. The van der Waals surface area contributed by atoms with E-state index in [0.717, 1.165) is 10.2 Å². The lowest BCUT2D eigenvalue weighted by Gasteiger charge is -1.99. The van der Waals surface area contributed by atoms with Crippen molar-refractivity contribution in [2.24, 2.45) is 0 Å². The van der Waals surface area contributed by atoms with E-state index in [0.29, 0.717) is 10.9 Å². The first-order valence-corrected chi connectivity index (χ1v) is 8.37. The second kappa shape index (κ2) is 6.73. The van der Waals surface area contributed by atoms with Crippen LogP contribution in [0.4, 0.5) is 10.9 Å². The Morgan fingerprint density at radius 3 is 2.65 bits per heavy atom. The van der Waals surface area contributed by atoms with Crippen molar-refractivity contribution >= 4 is 44.3 Å². The van der Waals surface area contributed by atoms with E-state index in [-0.39, 0.29) is 11.5 Å². The Labute approximate surface area is 150 Å². The first-order valence-electron chi connectivity index (χ1n) is 7.55. The quantitative estimate of drug-likeness (QED) is 0.575. The number of hydrogen-bond acceptors (Lipinski definition) is 7. The highest BCUT2D eigenvalue weighted by Crippen LogP contribution is 2.25. The topological polar surface area (TPSA) is 110 Å². The highest BCUT2D eigenvalue weighted by atomic mass is 32.1. The number of amides is 2. The van der Waals surface area contributed by atoms with Gasteiger partial charge in [0.1, 0.15) is 5.82 Å². The largest absolute Gasteiger partial charge is 0.350 e. The molecule has 4 rings (SSSR count). The number of aromatic nitrogens is 3. The number of carbonyl (C=O) groups is 2. The molecule has 0 aliphatic carbocycles. The van der Waals surface area contributed by atoms with Crippen molar-refractivity contribution < 1.29 is 14.1 Å². The predicted molar refractivity (Wildman–Crippen MR) is 96.3 cm³/mol. The SMILES string of the molecule is O=C(Nc1ccccn1)c1cc(C(=O)Nc2nc3ccccc3s2)on1. The molecule has 0 aliphatic heterocycles. The van der Waals surface area contributed by atoms with Gasteiger partial charge in [-0.25, -0.2) is 9.97 Å². The van der Waals surface area contributed by atoms with E-state index in [1.54, 1.807) is 24.4 Å². The van der Waals surface area contributed by atoms with Crippen molar-refractivity contribution in [3.8, 4) is 0 Å². The van der Waals surface area contributed by atoms with Gasteiger partial charge in [-0.3, -0.25) is 14.9 Å². The van der Waals surface area contributed by atoms with Gasteiger partial charge < -0.3 is 9.84 Å². The molecule has 3 heterocycles. The highest BCUT2D eigenvalue weighted by molar-refractivity contribution is 7.22. The van der Waals surface area contributed by atoms with Crippen LogP contribution in [0.2, 0.25) is 0 Å². The molecule has 0 unspecified atom stereocenters. The molecule has 0 fully saturated rings. The van der Waals surface area contributed by atoms with E-state index in [1.165, 1.54) is 17.4 Å². The van der Waals surface area contributed by atoms with Crippen LogP contribution >= 0.6 is 11.3 Å². The van der Waals surface area contributed by atoms with Gasteiger partial charge in [-0.2, -0.15) is 0 Å². The van der Waals surface area contributed by atoms with Gasteiger partial charge in [-0.15, -0.1) is 0 Å². The minimum atomic E-state index is -0.534. The molecular weight excluding hydrogens is 354 g/mol.